The van der Waals surface area contributed by atoms with Crippen molar-refractivity contribution in [2.24, 2.45) is 0 Å². The van der Waals surface area contributed by atoms with Gasteiger partial charge in [0.2, 0.25) is 0 Å². The molecule has 0 aliphatic carbocycles. The summed E-state index contributed by atoms with van der Waals surface area (Å²) in [6, 6.07) is 8.18. The molecule has 0 radical (unpaired) electrons. The van der Waals surface area contributed by atoms with Gasteiger partial charge in [0.05, 0.1) is 5.02 Å². The molecule has 2 N–H and O–H groups in total. The van der Waals surface area contributed by atoms with Crippen LogP contribution in [0.1, 0.15) is 15.9 Å². The van der Waals surface area contributed by atoms with Crippen LogP contribution in [0.15, 0.2) is 36.4 Å². The second kappa shape index (κ2) is 5.88. The number of nitrogens with two attached hydrogens (primary N) is 1. The summed E-state index contributed by atoms with van der Waals surface area (Å²) in [7, 11) is 0. The summed E-state index contributed by atoms with van der Waals surface area (Å²) in [6.07, 6.45) is 0. The van der Waals surface area contributed by atoms with Crippen molar-refractivity contribution in [3.63, 3.8) is 0 Å². The lowest BCUT2D eigenvalue weighted by Crippen LogP contribution is -2.10. The number of carbonyl (C=O) groups is 1. The van der Waals surface area contributed by atoms with Crippen LogP contribution in [0.5, 0.6) is 0 Å². The topological polar surface area (TPSA) is 52.3 Å². The molecule has 0 aliphatic heterocycles. The molecule has 0 unspecified atom stereocenters. The minimum Gasteiger partial charge on any atom is -0.457 e. The zero-order valence-electron chi connectivity index (χ0n) is 10.2. The largest absolute Gasteiger partial charge is 0.457 e. The van der Waals surface area contributed by atoms with E-state index in [2.05, 4.69) is 0 Å². The molecular formula is C14H10ClF2NO2. The number of benzene rings is 2. The normalized spacial score (nSPS) is 10.3. The third-order valence-electron chi connectivity index (χ3n) is 2.64. The molecule has 0 saturated heterocycles. The van der Waals surface area contributed by atoms with Crippen LogP contribution in [0.3, 0.4) is 0 Å². The van der Waals surface area contributed by atoms with Gasteiger partial charge in [0, 0.05) is 11.3 Å². The molecule has 20 heavy (non-hydrogen) atoms. The molecule has 0 aromatic heterocycles. The first-order valence-electron chi connectivity index (χ1n) is 5.64. The number of rotatable bonds is 3. The van der Waals surface area contributed by atoms with Crippen LogP contribution < -0.4 is 5.73 Å². The quantitative estimate of drug-likeness (QED) is 0.696. The maximum atomic E-state index is 13.4. The van der Waals surface area contributed by atoms with Crippen molar-refractivity contribution < 1.29 is 18.3 Å². The van der Waals surface area contributed by atoms with E-state index >= 15 is 0 Å². The van der Waals surface area contributed by atoms with Gasteiger partial charge in [-0.25, -0.2) is 13.6 Å². The second-order valence-electron chi connectivity index (χ2n) is 3.99. The zero-order chi connectivity index (χ0) is 14.7. The maximum absolute atomic E-state index is 13.4. The molecule has 0 amide bonds. The van der Waals surface area contributed by atoms with Gasteiger partial charge in [0.15, 0.2) is 11.6 Å². The van der Waals surface area contributed by atoms with Crippen molar-refractivity contribution in [2.75, 3.05) is 5.73 Å². The fourth-order valence-electron chi connectivity index (χ4n) is 1.63. The van der Waals surface area contributed by atoms with E-state index in [9.17, 15) is 13.6 Å². The van der Waals surface area contributed by atoms with Gasteiger partial charge in [-0.2, -0.15) is 0 Å². The third kappa shape index (κ3) is 2.88. The van der Waals surface area contributed by atoms with Crippen LogP contribution >= 0.6 is 11.6 Å². The Morgan fingerprint density at radius 3 is 2.60 bits per heavy atom. The van der Waals surface area contributed by atoms with E-state index in [0.717, 1.165) is 6.07 Å². The Hall–Kier alpha value is -2.14. The van der Waals surface area contributed by atoms with Crippen molar-refractivity contribution >= 4 is 23.3 Å². The summed E-state index contributed by atoms with van der Waals surface area (Å²) in [6.45, 7) is -0.410. The molecule has 104 valence electrons. The highest BCUT2D eigenvalue weighted by Gasteiger charge is 2.16. The number of ether oxygens (including phenoxy) is 1. The number of esters is 1. The summed E-state index contributed by atoms with van der Waals surface area (Å²) in [5.74, 6) is -2.85. The lowest BCUT2D eigenvalue weighted by Gasteiger charge is -2.09. The van der Waals surface area contributed by atoms with Crippen molar-refractivity contribution in [1.82, 2.24) is 0 Å². The van der Waals surface area contributed by atoms with E-state index in [1.165, 1.54) is 24.3 Å². The summed E-state index contributed by atoms with van der Waals surface area (Å²) in [5, 5.41) is 0.134. The summed E-state index contributed by atoms with van der Waals surface area (Å²) < 4.78 is 31.3. The van der Waals surface area contributed by atoms with E-state index < -0.39 is 24.2 Å². The number of anilines is 1. The molecule has 2 rings (SSSR count). The van der Waals surface area contributed by atoms with Gasteiger partial charge in [-0.05, 0) is 18.2 Å². The number of carbonyl (C=O) groups excluding carboxylic acids is 1. The molecule has 0 saturated carbocycles. The third-order valence-corrected chi connectivity index (χ3v) is 2.96. The molecule has 0 spiro atoms. The van der Waals surface area contributed by atoms with Crippen molar-refractivity contribution in [2.45, 2.75) is 6.61 Å². The van der Waals surface area contributed by atoms with Gasteiger partial charge in [-0.3, -0.25) is 0 Å². The smallest absolute Gasteiger partial charge is 0.342 e. The fourth-order valence-corrected chi connectivity index (χ4v) is 1.89. The standard InChI is InChI=1S/C14H10ClF2NO2/c15-9-4-2-6-11(18)12(9)14(19)20-7-8-3-1-5-10(16)13(8)17/h1-6H,7,18H2. The molecule has 0 aliphatic rings. The van der Waals surface area contributed by atoms with E-state index in [1.54, 1.807) is 6.07 Å². The molecule has 2 aromatic carbocycles. The first-order valence-corrected chi connectivity index (χ1v) is 6.02. The van der Waals surface area contributed by atoms with Crippen LogP contribution in [-0.2, 0) is 11.3 Å². The van der Waals surface area contributed by atoms with Crippen molar-refractivity contribution in [1.29, 1.82) is 0 Å². The van der Waals surface area contributed by atoms with Gasteiger partial charge >= 0.3 is 5.97 Å². The lowest BCUT2D eigenvalue weighted by molar-refractivity contribution is 0.0469. The minimum atomic E-state index is -1.05. The summed E-state index contributed by atoms with van der Waals surface area (Å²) in [5.41, 5.74) is 5.72. The average Bonchev–Trinajstić information content (AvgIpc) is 2.40. The van der Waals surface area contributed by atoms with Crippen LogP contribution in [-0.4, -0.2) is 5.97 Å². The second-order valence-corrected chi connectivity index (χ2v) is 4.40. The van der Waals surface area contributed by atoms with Gasteiger partial charge in [0.25, 0.3) is 0 Å². The Labute approximate surface area is 118 Å². The minimum absolute atomic E-state index is 0.00554. The highest BCUT2D eigenvalue weighted by atomic mass is 35.5. The maximum Gasteiger partial charge on any atom is 0.342 e. The molecule has 0 bridgehead atoms. The van der Waals surface area contributed by atoms with Gasteiger partial charge in [-0.15, -0.1) is 0 Å². The van der Waals surface area contributed by atoms with Crippen molar-refractivity contribution in [3.05, 3.63) is 64.2 Å². The average molecular weight is 298 g/mol. The fraction of sp³-hybridized carbons (Fsp3) is 0.0714. The Balaban J connectivity index is 2.15. The van der Waals surface area contributed by atoms with Gasteiger partial charge in [0.1, 0.15) is 12.2 Å². The Morgan fingerprint density at radius 1 is 1.20 bits per heavy atom. The number of halogens is 3. The Morgan fingerprint density at radius 2 is 1.90 bits per heavy atom. The predicted molar refractivity (Wildman–Crippen MR) is 71.3 cm³/mol. The highest BCUT2D eigenvalue weighted by molar-refractivity contribution is 6.34. The monoisotopic (exact) mass is 297 g/mol. The van der Waals surface area contributed by atoms with Crippen LogP contribution in [0.4, 0.5) is 14.5 Å². The van der Waals surface area contributed by atoms with Crippen LogP contribution in [0.25, 0.3) is 0 Å². The van der Waals surface area contributed by atoms with E-state index in [-0.39, 0.29) is 21.8 Å². The molecule has 6 heteroatoms. The summed E-state index contributed by atoms with van der Waals surface area (Å²) >= 11 is 5.85. The molecule has 0 fully saturated rings. The zero-order valence-corrected chi connectivity index (χ0v) is 11.0. The van der Waals surface area contributed by atoms with E-state index in [4.69, 9.17) is 22.1 Å². The van der Waals surface area contributed by atoms with Gasteiger partial charge in [-0.1, -0.05) is 29.8 Å². The predicted octanol–water partition coefficient (Wildman–Crippen LogP) is 3.56. The number of hydrogen-bond acceptors (Lipinski definition) is 3. The molecular weight excluding hydrogens is 288 g/mol. The Bertz CT molecular complexity index is 641. The first kappa shape index (κ1) is 14.3. The molecule has 0 atom stereocenters. The molecule has 0 heterocycles. The van der Waals surface area contributed by atoms with E-state index in [1.807, 2.05) is 0 Å². The van der Waals surface area contributed by atoms with Crippen LogP contribution in [0.2, 0.25) is 5.02 Å². The van der Waals surface area contributed by atoms with Crippen molar-refractivity contribution in [3.8, 4) is 0 Å². The number of hydrogen-bond donors (Lipinski definition) is 1. The highest BCUT2D eigenvalue weighted by Crippen LogP contribution is 2.23. The molecule has 3 nitrogen and oxygen atoms in total. The summed E-state index contributed by atoms with van der Waals surface area (Å²) in [4.78, 5) is 11.9. The van der Waals surface area contributed by atoms with E-state index in [0.29, 0.717) is 0 Å². The first-order chi connectivity index (χ1) is 9.50. The number of nitrogen functional groups attached to an aromatic ring is 1. The Kier molecular flexibility index (Phi) is 4.20. The molecule has 2 aromatic rings. The lowest BCUT2D eigenvalue weighted by atomic mass is 10.2. The van der Waals surface area contributed by atoms with Crippen LogP contribution in [0, 0.1) is 11.6 Å². The van der Waals surface area contributed by atoms with Gasteiger partial charge < -0.3 is 10.5 Å². The SMILES string of the molecule is Nc1cccc(Cl)c1C(=O)OCc1cccc(F)c1F.